The molecule has 0 aromatic heterocycles. The lowest BCUT2D eigenvalue weighted by Crippen LogP contribution is -2.45. The first-order valence-electron chi connectivity index (χ1n) is 8.21. The van der Waals surface area contributed by atoms with Crippen molar-refractivity contribution in [2.45, 2.75) is 45.6 Å². The minimum atomic E-state index is 0.0211. The van der Waals surface area contributed by atoms with Crippen LogP contribution in [0, 0.1) is 5.92 Å². The molecule has 1 aromatic rings. The second-order valence-electron chi connectivity index (χ2n) is 5.83. The van der Waals surface area contributed by atoms with Gasteiger partial charge in [0.25, 0.3) is 0 Å². The molecule has 1 saturated heterocycles. The molecule has 3 nitrogen and oxygen atoms in total. The van der Waals surface area contributed by atoms with Crippen molar-refractivity contribution in [2.75, 3.05) is 19.7 Å². The van der Waals surface area contributed by atoms with Gasteiger partial charge in [0.1, 0.15) is 6.10 Å². The second-order valence-corrected chi connectivity index (χ2v) is 5.83. The van der Waals surface area contributed by atoms with Crippen LogP contribution in [-0.2, 0) is 9.53 Å². The van der Waals surface area contributed by atoms with E-state index in [1.54, 1.807) is 0 Å². The highest BCUT2D eigenvalue weighted by molar-refractivity contribution is 5.79. The topological polar surface area (TPSA) is 29.5 Å². The highest BCUT2D eigenvalue weighted by atomic mass is 16.5. The van der Waals surface area contributed by atoms with Gasteiger partial charge < -0.3 is 9.64 Å². The predicted octanol–water partition coefficient (Wildman–Crippen LogP) is 3.80. The van der Waals surface area contributed by atoms with Gasteiger partial charge in [0.05, 0.1) is 13.2 Å². The van der Waals surface area contributed by atoms with Crippen molar-refractivity contribution in [3.63, 3.8) is 0 Å². The fourth-order valence-corrected chi connectivity index (χ4v) is 3.07. The van der Waals surface area contributed by atoms with Crippen molar-refractivity contribution in [3.8, 4) is 0 Å². The summed E-state index contributed by atoms with van der Waals surface area (Å²) in [5.41, 5.74) is 1.16. The van der Waals surface area contributed by atoms with Crippen LogP contribution in [0.1, 0.15) is 51.2 Å². The number of amides is 1. The van der Waals surface area contributed by atoms with Crippen LogP contribution < -0.4 is 0 Å². The van der Waals surface area contributed by atoms with Crippen LogP contribution in [0.25, 0.3) is 0 Å². The van der Waals surface area contributed by atoms with E-state index >= 15 is 0 Å². The zero-order valence-electron chi connectivity index (χ0n) is 13.3. The molecule has 0 radical (unpaired) electrons. The van der Waals surface area contributed by atoms with Crippen molar-refractivity contribution < 1.29 is 9.53 Å². The van der Waals surface area contributed by atoms with Gasteiger partial charge >= 0.3 is 0 Å². The molecular formula is C18H27NO2. The third-order valence-corrected chi connectivity index (χ3v) is 4.17. The summed E-state index contributed by atoms with van der Waals surface area (Å²) >= 11 is 0. The van der Waals surface area contributed by atoms with Gasteiger partial charge in [-0.25, -0.2) is 0 Å². The van der Waals surface area contributed by atoms with Gasteiger partial charge in [0.2, 0.25) is 5.91 Å². The number of ether oxygens (including phenoxy) is 1. The Morgan fingerprint density at radius 3 is 2.52 bits per heavy atom. The molecule has 0 spiro atoms. The summed E-state index contributed by atoms with van der Waals surface area (Å²) in [6, 6.07) is 10.2. The molecule has 1 atom stereocenters. The fourth-order valence-electron chi connectivity index (χ4n) is 3.07. The molecule has 1 amide bonds. The number of carbonyl (C=O) groups is 1. The standard InChI is InChI=1S/C18H27NO2/c1-3-8-16(9-4-2)18(20)19-12-13-21-17(14-19)15-10-6-5-7-11-15/h5-7,10-11,16-17H,3-4,8-9,12-14H2,1-2H3. The second kappa shape index (κ2) is 8.18. The summed E-state index contributed by atoms with van der Waals surface area (Å²) in [4.78, 5) is 14.7. The molecule has 0 bridgehead atoms. The summed E-state index contributed by atoms with van der Waals surface area (Å²) in [5.74, 6) is 0.512. The summed E-state index contributed by atoms with van der Waals surface area (Å²) < 4.78 is 5.85. The van der Waals surface area contributed by atoms with E-state index < -0.39 is 0 Å². The maximum absolute atomic E-state index is 12.7. The van der Waals surface area contributed by atoms with E-state index in [0.29, 0.717) is 19.1 Å². The molecule has 1 aliphatic heterocycles. The Hall–Kier alpha value is -1.35. The average molecular weight is 289 g/mol. The quantitative estimate of drug-likeness (QED) is 0.797. The first kappa shape index (κ1) is 16.0. The van der Waals surface area contributed by atoms with Gasteiger partial charge in [-0.2, -0.15) is 0 Å². The SMILES string of the molecule is CCCC(CCC)C(=O)N1CCOC(c2ccccc2)C1. The molecule has 1 aromatic carbocycles. The van der Waals surface area contributed by atoms with E-state index in [9.17, 15) is 4.79 Å². The number of carbonyl (C=O) groups excluding carboxylic acids is 1. The van der Waals surface area contributed by atoms with Crippen molar-refractivity contribution in [2.24, 2.45) is 5.92 Å². The minimum absolute atomic E-state index is 0.0211. The van der Waals surface area contributed by atoms with Crippen LogP contribution in [0.3, 0.4) is 0 Å². The Morgan fingerprint density at radius 1 is 1.24 bits per heavy atom. The van der Waals surface area contributed by atoms with Crippen LogP contribution in [0.2, 0.25) is 0 Å². The molecule has 3 heteroatoms. The van der Waals surface area contributed by atoms with Crippen LogP contribution in [-0.4, -0.2) is 30.5 Å². The molecule has 0 aliphatic carbocycles. The number of benzene rings is 1. The summed E-state index contributed by atoms with van der Waals surface area (Å²) in [7, 11) is 0. The van der Waals surface area contributed by atoms with E-state index in [-0.39, 0.29) is 12.0 Å². The van der Waals surface area contributed by atoms with Crippen LogP contribution in [0.5, 0.6) is 0 Å². The Labute approximate surface area is 128 Å². The van der Waals surface area contributed by atoms with Gasteiger partial charge in [0, 0.05) is 12.5 Å². The van der Waals surface area contributed by atoms with Crippen LogP contribution >= 0.6 is 0 Å². The van der Waals surface area contributed by atoms with E-state index in [2.05, 4.69) is 26.0 Å². The normalized spacial score (nSPS) is 19.0. The smallest absolute Gasteiger partial charge is 0.225 e. The zero-order chi connectivity index (χ0) is 15.1. The van der Waals surface area contributed by atoms with Gasteiger partial charge in [0.15, 0.2) is 0 Å². The monoisotopic (exact) mass is 289 g/mol. The molecule has 116 valence electrons. The lowest BCUT2D eigenvalue weighted by Gasteiger charge is -2.35. The van der Waals surface area contributed by atoms with E-state index in [1.807, 2.05) is 23.1 Å². The van der Waals surface area contributed by atoms with Crippen molar-refractivity contribution in [3.05, 3.63) is 35.9 Å². The van der Waals surface area contributed by atoms with Crippen LogP contribution in [0.15, 0.2) is 30.3 Å². The average Bonchev–Trinajstić information content (AvgIpc) is 2.55. The third-order valence-electron chi connectivity index (χ3n) is 4.17. The lowest BCUT2D eigenvalue weighted by molar-refractivity contribution is -0.143. The molecule has 1 aliphatic rings. The highest BCUT2D eigenvalue weighted by Crippen LogP contribution is 2.25. The van der Waals surface area contributed by atoms with Crippen molar-refractivity contribution >= 4 is 5.91 Å². The minimum Gasteiger partial charge on any atom is -0.370 e. The first-order chi connectivity index (χ1) is 10.3. The molecule has 2 rings (SSSR count). The van der Waals surface area contributed by atoms with Crippen molar-refractivity contribution in [1.29, 1.82) is 0 Å². The number of hydrogen-bond donors (Lipinski definition) is 0. The first-order valence-corrected chi connectivity index (χ1v) is 8.21. The summed E-state index contributed by atoms with van der Waals surface area (Å²) in [6.07, 6.45) is 4.17. The molecule has 1 heterocycles. The van der Waals surface area contributed by atoms with Gasteiger partial charge in [-0.15, -0.1) is 0 Å². The Balaban J connectivity index is 2.01. The van der Waals surface area contributed by atoms with Crippen molar-refractivity contribution in [1.82, 2.24) is 4.90 Å². The van der Waals surface area contributed by atoms with E-state index in [1.165, 1.54) is 0 Å². The maximum Gasteiger partial charge on any atom is 0.225 e. The lowest BCUT2D eigenvalue weighted by atomic mass is 9.96. The molecule has 0 N–H and O–H groups in total. The molecular weight excluding hydrogens is 262 g/mol. The molecule has 21 heavy (non-hydrogen) atoms. The van der Waals surface area contributed by atoms with Gasteiger partial charge in [-0.3, -0.25) is 4.79 Å². The molecule has 1 unspecified atom stereocenters. The number of nitrogens with zero attached hydrogens (tertiary/aromatic N) is 1. The Morgan fingerprint density at radius 2 is 1.90 bits per heavy atom. The largest absolute Gasteiger partial charge is 0.370 e. The number of morpholine rings is 1. The van der Waals surface area contributed by atoms with E-state index in [0.717, 1.165) is 37.8 Å². The Kier molecular flexibility index (Phi) is 6.24. The predicted molar refractivity (Wildman–Crippen MR) is 85.0 cm³/mol. The highest BCUT2D eigenvalue weighted by Gasteiger charge is 2.29. The molecule has 0 saturated carbocycles. The van der Waals surface area contributed by atoms with Gasteiger partial charge in [-0.05, 0) is 18.4 Å². The number of rotatable bonds is 6. The Bertz CT molecular complexity index is 426. The summed E-state index contributed by atoms with van der Waals surface area (Å²) in [5, 5.41) is 0. The van der Waals surface area contributed by atoms with Crippen LogP contribution in [0.4, 0.5) is 0 Å². The summed E-state index contributed by atoms with van der Waals surface area (Å²) in [6.45, 7) is 6.36. The maximum atomic E-state index is 12.7. The molecule has 1 fully saturated rings. The van der Waals surface area contributed by atoms with E-state index in [4.69, 9.17) is 4.74 Å². The third kappa shape index (κ3) is 4.31. The fraction of sp³-hybridized carbons (Fsp3) is 0.611. The zero-order valence-corrected chi connectivity index (χ0v) is 13.3. The number of hydrogen-bond acceptors (Lipinski definition) is 2. The van der Waals surface area contributed by atoms with Gasteiger partial charge in [-0.1, -0.05) is 57.0 Å².